The molecule has 0 aliphatic rings. The minimum absolute atomic E-state index is 0.304. The summed E-state index contributed by atoms with van der Waals surface area (Å²) in [6.07, 6.45) is 3.32. The minimum atomic E-state index is -0.415. The number of rotatable bonds is 6. The van der Waals surface area contributed by atoms with Gasteiger partial charge in [0.05, 0.1) is 12.2 Å². The maximum atomic E-state index is 12.4. The highest BCUT2D eigenvalue weighted by atomic mass is 32.2. The SMILES string of the molecule is CCOC(=O)C(=C\N)/C(=C(\SC)c1ccccc1)c1ccccc1. The van der Waals surface area contributed by atoms with Crippen LogP contribution in [-0.2, 0) is 9.53 Å². The highest BCUT2D eigenvalue weighted by Gasteiger charge is 2.21. The molecule has 0 amide bonds. The standard InChI is InChI=1S/C20H21NO2S/c1-3-23-20(22)17(14-21)18(15-10-6-4-7-11-15)19(24-2)16-12-8-5-9-13-16/h4-14H,3,21H2,1-2H3/b17-14-,19-18-. The van der Waals surface area contributed by atoms with Crippen LogP contribution < -0.4 is 5.73 Å². The first-order valence-corrected chi connectivity index (χ1v) is 8.93. The minimum Gasteiger partial charge on any atom is -0.462 e. The number of carbonyl (C=O) groups is 1. The second kappa shape index (κ2) is 8.99. The van der Waals surface area contributed by atoms with Gasteiger partial charge in [0.15, 0.2) is 0 Å². The monoisotopic (exact) mass is 339 g/mol. The Hall–Kier alpha value is -2.46. The van der Waals surface area contributed by atoms with Gasteiger partial charge < -0.3 is 10.5 Å². The van der Waals surface area contributed by atoms with Crippen LogP contribution in [0.1, 0.15) is 18.1 Å². The van der Waals surface area contributed by atoms with Crippen LogP contribution in [0.15, 0.2) is 72.4 Å². The number of thioether (sulfide) groups is 1. The van der Waals surface area contributed by atoms with Crippen molar-refractivity contribution in [3.05, 3.63) is 83.6 Å². The molecule has 0 saturated carbocycles. The number of carbonyl (C=O) groups excluding carboxylic acids is 1. The fourth-order valence-electron chi connectivity index (χ4n) is 2.43. The van der Waals surface area contributed by atoms with Crippen molar-refractivity contribution < 1.29 is 9.53 Å². The van der Waals surface area contributed by atoms with Gasteiger partial charge in [-0.15, -0.1) is 11.8 Å². The van der Waals surface area contributed by atoms with E-state index in [0.717, 1.165) is 21.6 Å². The zero-order chi connectivity index (χ0) is 17.4. The van der Waals surface area contributed by atoms with Gasteiger partial charge in [-0.05, 0) is 24.3 Å². The number of nitrogens with two attached hydrogens (primary N) is 1. The first-order chi connectivity index (χ1) is 11.7. The Morgan fingerprint density at radius 2 is 1.58 bits per heavy atom. The van der Waals surface area contributed by atoms with E-state index < -0.39 is 5.97 Å². The summed E-state index contributed by atoms with van der Waals surface area (Å²) in [6.45, 7) is 2.09. The summed E-state index contributed by atoms with van der Waals surface area (Å²) in [4.78, 5) is 13.4. The molecule has 0 fully saturated rings. The maximum Gasteiger partial charge on any atom is 0.340 e. The largest absolute Gasteiger partial charge is 0.462 e. The lowest BCUT2D eigenvalue weighted by molar-refractivity contribution is -0.137. The number of ether oxygens (including phenoxy) is 1. The smallest absolute Gasteiger partial charge is 0.340 e. The van der Waals surface area contributed by atoms with Gasteiger partial charge in [-0.3, -0.25) is 0 Å². The van der Waals surface area contributed by atoms with Crippen LogP contribution >= 0.6 is 11.8 Å². The van der Waals surface area contributed by atoms with E-state index >= 15 is 0 Å². The van der Waals surface area contributed by atoms with Crippen molar-refractivity contribution in [3.63, 3.8) is 0 Å². The fourth-order valence-corrected chi connectivity index (χ4v) is 3.23. The third-order valence-electron chi connectivity index (χ3n) is 3.46. The van der Waals surface area contributed by atoms with E-state index in [1.807, 2.05) is 66.9 Å². The molecule has 2 aromatic carbocycles. The summed E-state index contributed by atoms with van der Waals surface area (Å²) in [5, 5.41) is 0. The molecule has 0 aliphatic heterocycles. The molecule has 2 N–H and O–H groups in total. The van der Waals surface area contributed by atoms with Gasteiger partial charge >= 0.3 is 5.97 Å². The molecule has 0 aliphatic carbocycles. The van der Waals surface area contributed by atoms with Crippen LogP contribution in [0.3, 0.4) is 0 Å². The topological polar surface area (TPSA) is 52.3 Å². The molecule has 0 bridgehead atoms. The Morgan fingerprint density at radius 1 is 1.04 bits per heavy atom. The molecule has 2 rings (SSSR count). The summed E-state index contributed by atoms with van der Waals surface area (Å²) in [6, 6.07) is 19.7. The Labute approximate surface area is 147 Å². The molecule has 0 heterocycles. The normalized spacial score (nSPS) is 12.5. The van der Waals surface area contributed by atoms with Crippen LogP contribution in [0, 0.1) is 0 Å². The summed E-state index contributed by atoms with van der Waals surface area (Å²) < 4.78 is 5.20. The van der Waals surface area contributed by atoms with E-state index in [9.17, 15) is 4.79 Å². The van der Waals surface area contributed by atoms with Crippen LogP contribution in [0.4, 0.5) is 0 Å². The molecule has 0 spiro atoms. The lowest BCUT2D eigenvalue weighted by Gasteiger charge is -2.17. The highest BCUT2D eigenvalue weighted by Crippen LogP contribution is 2.38. The average Bonchev–Trinajstić information content (AvgIpc) is 2.63. The fraction of sp³-hybridized carbons (Fsp3) is 0.150. The van der Waals surface area contributed by atoms with Gasteiger partial charge in [0.25, 0.3) is 0 Å². The molecule has 0 aromatic heterocycles. The molecule has 4 heteroatoms. The van der Waals surface area contributed by atoms with Crippen molar-refractivity contribution in [2.45, 2.75) is 6.92 Å². The van der Waals surface area contributed by atoms with Crippen molar-refractivity contribution in [1.82, 2.24) is 0 Å². The Balaban J connectivity index is 2.71. The summed E-state index contributed by atoms with van der Waals surface area (Å²) in [7, 11) is 0. The average molecular weight is 339 g/mol. The van der Waals surface area contributed by atoms with Crippen LogP contribution in [-0.4, -0.2) is 18.8 Å². The van der Waals surface area contributed by atoms with E-state index in [4.69, 9.17) is 10.5 Å². The Bertz CT molecular complexity index is 737. The lowest BCUT2D eigenvalue weighted by atomic mass is 9.95. The molecular formula is C20H21NO2S. The predicted molar refractivity (Wildman–Crippen MR) is 102 cm³/mol. The van der Waals surface area contributed by atoms with Crippen molar-refractivity contribution in [2.24, 2.45) is 5.73 Å². The van der Waals surface area contributed by atoms with Crippen molar-refractivity contribution in [3.8, 4) is 0 Å². The van der Waals surface area contributed by atoms with Gasteiger partial charge in [0.1, 0.15) is 0 Å². The molecule has 3 nitrogen and oxygen atoms in total. The van der Waals surface area contributed by atoms with Crippen molar-refractivity contribution >= 4 is 28.2 Å². The second-order valence-corrected chi connectivity index (χ2v) is 5.76. The van der Waals surface area contributed by atoms with Crippen molar-refractivity contribution in [2.75, 3.05) is 12.9 Å². The molecule has 0 unspecified atom stereocenters. The third kappa shape index (κ3) is 4.09. The van der Waals surface area contributed by atoms with E-state index in [-0.39, 0.29) is 0 Å². The maximum absolute atomic E-state index is 12.4. The second-order valence-electron chi connectivity index (χ2n) is 4.94. The zero-order valence-electron chi connectivity index (χ0n) is 13.9. The molecule has 124 valence electrons. The van der Waals surface area contributed by atoms with E-state index in [1.165, 1.54) is 6.20 Å². The van der Waals surface area contributed by atoms with Gasteiger partial charge in [-0.2, -0.15) is 0 Å². The van der Waals surface area contributed by atoms with Crippen LogP contribution in [0.25, 0.3) is 10.5 Å². The third-order valence-corrected chi connectivity index (χ3v) is 4.31. The molecule has 2 aromatic rings. The quantitative estimate of drug-likeness (QED) is 0.368. The molecule has 0 radical (unpaired) electrons. The van der Waals surface area contributed by atoms with E-state index in [1.54, 1.807) is 18.7 Å². The van der Waals surface area contributed by atoms with Crippen molar-refractivity contribution in [1.29, 1.82) is 0 Å². The Morgan fingerprint density at radius 3 is 2.04 bits per heavy atom. The van der Waals surface area contributed by atoms with E-state index in [2.05, 4.69) is 0 Å². The highest BCUT2D eigenvalue weighted by molar-refractivity contribution is 8.08. The van der Waals surface area contributed by atoms with Crippen LogP contribution in [0.2, 0.25) is 0 Å². The number of esters is 1. The number of hydrogen-bond acceptors (Lipinski definition) is 4. The molecule has 0 atom stereocenters. The molecular weight excluding hydrogens is 318 g/mol. The lowest BCUT2D eigenvalue weighted by Crippen LogP contribution is -2.12. The summed E-state index contributed by atoms with van der Waals surface area (Å²) in [5.74, 6) is -0.415. The van der Waals surface area contributed by atoms with Gasteiger partial charge in [-0.1, -0.05) is 60.7 Å². The van der Waals surface area contributed by atoms with Gasteiger partial charge in [-0.25, -0.2) is 4.79 Å². The molecule has 24 heavy (non-hydrogen) atoms. The summed E-state index contributed by atoms with van der Waals surface area (Å²) in [5.41, 5.74) is 8.93. The van der Waals surface area contributed by atoms with Gasteiger partial charge in [0, 0.05) is 16.7 Å². The van der Waals surface area contributed by atoms with Crippen LogP contribution in [0.5, 0.6) is 0 Å². The van der Waals surface area contributed by atoms with Gasteiger partial charge in [0.2, 0.25) is 0 Å². The van der Waals surface area contributed by atoms with E-state index in [0.29, 0.717) is 12.2 Å². The predicted octanol–water partition coefficient (Wildman–Crippen LogP) is 4.32. The number of hydrogen-bond donors (Lipinski definition) is 1. The number of benzene rings is 2. The first-order valence-electron chi connectivity index (χ1n) is 7.71. The Kier molecular flexibility index (Phi) is 6.70. The summed E-state index contributed by atoms with van der Waals surface area (Å²) >= 11 is 1.58. The molecule has 0 saturated heterocycles. The first kappa shape index (κ1) is 17.9. The zero-order valence-corrected chi connectivity index (χ0v) is 14.7.